The molecule has 28 heavy (non-hydrogen) atoms. The summed E-state index contributed by atoms with van der Waals surface area (Å²) >= 11 is 0. The first-order chi connectivity index (χ1) is 13.1. The summed E-state index contributed by atoms with van der Waals surface area (Å²) in [5.74, 6) is 0. The van der Waals surface area contributed by atoms with Crippen molar-refractivity contribution in [1.29, 1.82) is 0 Å². The number of non-ortho nitro benzene ring substituents is 1. The minimum absolute atomic E-state index is 0.0347. The van der Waals surface area contributed by atoms with Gasteiger partial charge in [0.25, 0.3) is 15.7 Å². The van der Waals surface area contributed by atoms with Crippen molar-refractivity contribution in [3.63, 3.8) is 0 Å². The van der Waals surface area contributed by atoms with Crippen LogP contribution in [0.1, 0.15) is 6.42 Å². The lowest BCUT2D eigenvalue weighted by atomic mass is 10.3. The molecule has 0 radical (unpaired) electrons. The largest absolute Gasteiger partial charge is 0.339 e. The fourth-order valence-corrected chi connectivity index (χ4v) is 5.86. The average molecular weight is 429 g/mol. The summed E-state index contributed by atoms with van der Waals surface area (Å²) in [6.45, 7) is 0.170. The van der Waals surface area contributed by atoms with Crippen LogP contribution in [0, 0.1) is 10.1 Å². The molecule has 0 bridgehead atoms. The van der Waals surface area contributed by atoms with Crippen molar-refractivity contribution >= 4 is 25.7 Å². The fourth-order valence-electron chi connectivity index (χ4n) is 2.91. The monoisotopic (exact) mass is 429 g/mol. The molecule has 0 amide bonds. The molecular formula is C15H19N5O6S2. The minimum atomic E-state index is -3.98. The van der Waals surface area contributed by atoms with Crippen molar-refractivity contribution in [1.82, 2.24) is 18.2 Å². The highest BCUT2D eigenvalue weighted by molar-refractivity contribution is 7.89. The molecule has 1 fully saturated rings. The van der Waals surface area contributed by atoms with Gasteiger partial charge in [-0.15, -0.1) is 0 Å². The number of nitrogens with zero attached hydrogens (tertiary/aromatic N) is 5. The zero-order valence-corrected chi connectivity index (χ0v) is 16.6. The molecule has 1 aliphatic heterocycles. The number of benzene rings is 1. The van der Waals surface area contributed by atoms with Crippen molar-refractivity contribution in [3.05, 3.63) is 46.9 Å². The van der Waals surface area contributed by atoms with Crippen LogP contribution in [0.2, 0.25) is 0 Å². The Morgan fingerprint density at radius 1 is 1.04 bits per heavy atom. The van der Waals surface area contributed by atoms with Crippen LogP contribution < -0.4 is 0 Å². The van der Waals surface area contributed by atoms with Gasteiger partial charge in [-0.3, -0.25) is 10.1 Å². The van der Waals surface area contributed by atoms with Gasteiger partial charge in [0, 0.05) is 51.6 Å². The van der Waals surface area contributed by atoms with Gasteiger partial charge >= 0.3 is 0 Å². The molecule has 0 unspecified atom stereocenters. The van der Waals surface area contributed by atoms with Gasteiger partial charge in [-0.05, 0) is 12.5 Å². The van der Waals surface area contributed by atoms with E-state index >= 15 is 0 Å². The van der Waals surface area contributed by atoms with Gasteiger partial charge in [0.2, 0.25) is 10.0 Å². The van der Waals surface area contributed by atoms with Crippen LogP contribution in [-0.2, 0) is 27.1 Å². The van der Waals surface area contributed by atoms with Gasteiger partial charge in [-0.2, -0.15) is 8.61 Å². The van der Waals surface area contributed by atoms with E-state index in [2.05, 4.69) is 4.98 Å². The molecule has 0 N–H and O–H groups in total. The highest BCUT2D eigenvalue weighted by atomic mass is 32.2. The standard InChI is InChI=1S/C15H19N5O6S2/c1-17-11-15(16-12-17)28(25,26)19-7-3-6-18(8-9-19)27(23,24)14-5-2-4-13(10-14)20(21)22/h2,4-5,10-12H,3,6-9H2,1H3. The van der Waals surface area contributed by atoms with Gasteiger partial charge in [0.05, 0.1) is 16.1 Å². The molecule has 0 spiro atoms. The molecule has 1 aliphatic rings. The van der Waals surface area contributed by atoms with E-state index in [0.29, 0.717) is 6.42 Å². The van der Waals surface area contributed by atoms with Crippen molar-refractivity contribution in [2.24, 2.45) is 7.05 Å². The molecule has 1 aromatic heterocycles. The first-order valence-electron chi connectivity index (χ1n) is 8.35. The summed E-state index contributed by atoms with van der Waals surface area (Å²) < 4.78 is 55.0. The molecular weight excluding hydrogens is 410 g/mol. The van der Waals surface area contributed by atoms with E-state index in [1.807, 2.05) is 0 Å². The van der Waals surface area contributed by atoms with E-state index in [0.717, 1.165) is 10.4 Å². The normalized spacial score (nSPS) is 17.3. The third kappa shape index (κ3) is 3.92. The van der Waals surface area contributed by atoms with Crippen LogP contribution in [0.5, 0.6) is 0 Å². The van der Waals surface area contributed by atoms with E-state index in [4.69, 9.17) is 0 Å². The average Bonchev–Trinajstić information content (AvgIpc) is 2.93. The first kappa shape index (κ1) is 20.4. The van der Waals surface area contributed by atoms with E-state index < -0.39 is 25.0 Å². The second-order valence-corrected chi connectivity index (χ2v) is 10.1. The maximum absolute atomic E-state index is 12.9. The molecule has 0 aliphatic carbocycles. The van der Waals surface area contributed by atoms with E-state index in [1.165, 1.54) is 39.6 Å². The number of rotatable bonds is 5. The summed E-state index contributed by atoms with van der Waals surface area (Å²) in [5.41, 5.74) is -0.324. The minimum Gasteiger partial charge on any atom is -0.339 e. The highest BCUT2D eigenvalue weighted by Gasteiger charge is 2.33. The van der Waals surface area contributed by atoms with Crippen LogP contribution >= 0.6 is 0 Å². The summed E-state index contributed by atoms with van der Waals surface area (Å²) in [7, 11) is -6.15. The van der Waals surface area contributed by atoms with Crippen LogP contribution in [0.3, 0.4) is 0 Å². The van der Waals surface area contributed by atoms with E-state index in [1.54, 1.807) is 7.05 Å². The zero-order chi connectivity index (χ0) is 20.5. The second kappa shape index (κ2) is 7.58. The molecule has 13 heteroatoms. The predicted molar refractivity (Wildman–Crippen MR) is 98.4 cm³/mol. The number of hydrogen-bond donors (Lipinski definition) is 0. The number of nitro groups is 1. The van der Waals surface area contributed by atoms with Crippen molar-refractivity contribution in [2.45, 2.75) is 16.3 Å². The van der Waals surface area contributed by atoms with Gasteiger partial charge in [0.1, 0.15) is 0 Å². The summed E-state index contributed by atoms with van der Waals surface area (Å²) in [4.78, 5) is 13.9. The molecule has 2 heterocycles. The second-order valence-electron chi connectivity index (χ2n) is 6.29. The number of aryl methyl sites for hydroxylation is 1. The number of sulfonamides is 2. The highest BCUT2D eigenvalue weighted by Crippen LogP contribution is 2.23. The summed E-state index contributed by atoms with van der Waals surface area (Å²) in [6, 6.07) is 4.81. The molecule has 152 valence electrons. The van der Waals surface area contributed by atoms with Gasteiger partial charge < -0.3 is 4.57 Å². The van der Waals surface area contributed by atoms with Crippen LogP contribution in [0.4, 0.5) is 5.69 Å². The Labute approximate surface area is 162 Å². The SMILES string of the molecule is Cn1cnc(S(=O)(=O)N2CCCN(S(=O)(=O)c3cccc([N+](=O)[O-])c3)CC2)c1. The number of hydrogen-bond acceptors (Lipinski definition) is 7. The van der Waals surface area contributed by atoms with E-state index in [9.17, 15) is 26.9 Å². The van der Waals surface area contributed by atoms with Gasteiger partial charge in [0.15, 0.2) is 5.03 Å². The van der Waals surface area contributed by atoms with Crippen molar-refractivity contribution in [2.75, 3.05) is 26.2 Å². The quantitative estimate of drug-likeness (QED) is 0.496. The molecule has 0 atom stereocenters. The van der Waals surface area contributed by atoms with Crippen LogP contribution in [-0.4, -0.2) is 66.1 Å². The zero-order valence-electron chi connectivity index (χ0n) is 15.0. The summed E-state index contributed by atoms with van der Waals surface area (Å²) in [5, 5.41) is 10.8. The molecule has 1 saturated heterocycles. The van der Waals surface area contributed by atoms with E-state index in [-0.39, 0.29) is 41.8 Å². The van der Waals surface area contributed by atoms with Crippen LogP contribution in [0.25, 0.3) is 0 Å². The number of imidazole rings is 1. The molecule has 1 aromatic carbocycles. The third-order valence-corrected chi connectivity index (χ3v) is 8.04. The summed E-state index contributed by atoms with van der Waals surface area (Å²) in [6.07, 6.45) is 3.06. The molecule has 11 nitrogen and oxygen atoms in total. The Kier molecular flexibility index (Phi) is 5.52. The Morgan fingerprint density at radius 2 is 1.68 bits per heavy atom. The van der Waals surface area contributed by atoms with Crippen LogP contribution in [0.15, 0.2) is 46.7 Å². The Morgan fingerprint density at radius 3 is 2.25 bits per heavy atom. The van der Waals surface area contributed by atoms with Crippen molar-refractivity contribution in [3.8, 4) is 0 Å². The fraction of sp³-hybridized carbons (Fsp3) is 0.400. The topological polar surface area (TPSA) is 136 Å². The number of nitro benzene ring substituents is 1. The number of aromatic nitrogens is 2. The Balaban J connectivity index is 1.81. The molecule has 0 saturated carbocycles. The Bertz CT molecular complexity index is 1100. The smallest absolute Gasteiger partial charge is 0.270 e. The third-order valence-electron chi connectivity index (χ3n) is 4.37. The van der Waals surface area contributed by atoms with Crippen molar-refractivity contribution < 1.29 is 21.8 Å². The predicted octanol–water partition coefficient (Wildman–Crippen LogP) is 0.414. The lowest BCUT2D eigenvalue weighted by Crippen LogP contribution is -2.37. The first-order valence-corrected chi connectivity index (χ1v) is 11.2. The maximum atomic E-state index is 12.9. The maximum Gasteiger partial charge on any atom is 0.270 e. The lowest BCUT2D eigenvalue weighted by Gasteiger charge is -2.21. The van der Waals surface area contributed by atoms with Gasteiger partial charge in [-0.25, -0.2) is 21.8 Å². The molecule has 2 aromatic rings. The molecule has 3 rings (SSSR count). The van der Waals surface area contributed by atoms with Gasteiger partial charge in [-0.1, -0.05) is 6.07 Å². The Hall–Kier alpha value is -2.35. The lowest BCUT2D eigenvalue weighted by molar-refractivity contribution is -0.385.